The van der Waals surface area contributed by atoms with Crippen LogP contribution in [-0.4, -0.2) is 35.3 Å². The van der Waals surface area contributed by atoms with Gasteiger partial charge in [0.1, 0.15) is 17.7 Å². The van der Waals surface area contributed by atoms with Gasteiger partial charge in [0.05, 0.1) is 37.4 Å². The Labute approximate surface area is 184 Å². The topological polar surface area (TPSA) is 92.4 Å². The molecule has 2 aromatic heterocycles. The zero-order valence-electron chi connectivity index (χ0n) is 17.6. The first-order valence-electron chi connectivity index (χ1n) is 10.1. The van der Waals surface area contributed by atoms with E-state index in [0.29, 0.717) is 22.7 Å². The Kier molecular flexibility index (Phi) is 4.95. The Bertz CT molecular complexity index is 1270. The van der Waals surface area contributed by atoms with Crippen LogP contribution in [0.1, 0.15) is 22.1 Å². The van der Waals surface area contributed by atoms with Gasteiger partial charge in [0, 0.05) is 35.3 Å². The lowest BCUT2D eigenvalue weighted by Gasteiger charge is -2.38. The third-order valence-corrected chi connectivity index (χ3v) is 5.49. The number of nitrogens with one attached hydrogen (secondary N) is 2. The number of hydrogen-bond acceptors (Lipinski definition) is 6. The molecule has 1 amide bonds. The van der Waals surface area contributed by atoms with Gasteiger partial charge >= 0.3 is 0 Å². The number of methoxy groups -OCH3 is 2. The van der Waals surface area contributed by atoms with Crippen molar-refractivity contribution in [3.8, 4) is 22.8 Å². The molecule has 8 heteroatoms. The Hall–Kier alpha value is -4.33. The summed E-state index contributed by atoms with van der Waals surface area (Å²) < 4.78 is 11.0. The molecule has 1 aliphatic heterocycles. The third kappa shape index (κ3) is 3.22. The van der Waals surface area contributed by atoms with Gasteiger partial charge in [0.15, 0.2) is 0 Å². The molecule has 0 aliphatic carbocycles. The van der Waals surface area contributed by atoms with Gasteiger partial charge < -0.3 is 14.8 Å². The highest BCUT2D eigenvalue weighted by Crippen LogP contribution is 2.43. The lowest BCUT2D eigenvalue weighted by molar-refractivity contribution is 0.0974. The van der Waals surface area contributed by atoms with Gasteiger partial charge in [-0.3, -0.25) is 19.8 Å². The fourth-order valence-corrected chi connectivity index (χ4v) is 3.95. The average Bonchev–Trinajstić information content (AvgIpc) is 3.34. The van der Waals surface area contributed by atoms with E-state index in [9.17, 15) is 4.79 Å². The van der Waals surface area contributed by atoms with Gasteiger partial charge in [0.25, 0.3) is 5.91 Å². The summed E-state index contributed by atoms with van der Waals surface area (Å²) in [6.45, 7) is 0. The summed E-state index contributed by atoms with van der Waals surface area (Å²) in [6, 6.07) is 16.6. The highest BCUT2D eigenvalue weighted by molar-refractivity contribution is 6.12. The molecule has 5 rings (SSSR count). The van der Waals surface area contributed by atoms with Gasteiger partial charge in [-0.15, -0.1) is 0 Å². The molecule has 0 radical (unpaired) electrons. The number of ether oxygens (including phenoxy) is 2. The summed E-state index contributed by atoms with van der Waals surface area (Å²) in [5, 5.41) is 10.8. The third-order valence-electron chi connectivity index (χ3n) is 5.49. The van der Waals surface area contributed by atoms with Crippen molar-refractivity contribution in [2.24, 2.45) is 0 Å². The minimum absolute atomic E-state index is 0.147. The van der Waals surface area contributed by atoms with Crippen molar-refractivity contribution in [1.82, 2.24) is 15.2 Å². The van der Waals surface area contributed by atoms with Crippen molar-refractivity contribution in [2.75, 3.05) is 24.4 Å². The lowest BCUT2D eigenvalue weighted by atomic mass is 10.0. The van der Waals surface area contributed by atoms with E-state index in [1.807, 2.05) is 36.4 Å². The first-order valence-corrected chi connectivity index (χ1v) is 10.1. The Morgan fingerprint density at radius 1 is 1.00 bits per heavy atom. The van der Waals surface area contributed by atoms with Crippen molar-refractivity contribution < 1.29 is 14.3 Å². The van der Waals surface area contributed by atoms with E-state index in [4.69, 9.17) is 9.47 Å². The molecule has 2 N–H and O–H groups in total. The van der Waals surface area contributed by atoms with Crippen molar-refractivity contribution in [3.05, 3.63) is 84.3 Å². The number of hydrogen-bond donors (Lipinski definition) is 2. The van der Waals surface area contributed by atoms with Crippen molar-refractivity contribution >= 4 is 17.3 Å². The van der Waals surface area contributed by atoms with Crippen LogP contribution in [-0.2, 0) is 0 Å². The fourth-order valence-electron chi connectivity index (χ4n) is 3.95. The van der Waals surface area contributed by atoms with E-state index in [0.717, 1.165) is 22.5 Å². The van der Waals surface area contributed by atoms with Crippen LogP contribution in [0, 0.1) is 0 Å². The molecule has 160 valence electrons. The Morgan fingerprint density at radius 2 is 1.88 bits per heavy atom. The summed E-state index contributed by atoms with van der Waals surface area (Å²) in [5.41, 5.74) is 4.40. The van der Waals surface area contributed by atoms with Crippen LogP contribution in [0.15, 0.2) is 73.2 Å². The molecule has 0 bridgehead atoms. The quantitative estimate of drug-likeness (QED) is 0.494. The zero-order valence-corrected chi connectivity index (χ0v) is 17.6. The molecule has 32 heavy (non-hydrogen) atoms. The number of rotatable bonds is 5. The number of anilines is 2. The van der Waals surface area contributed by atoms with Gasteiger partial charge in [0.2, 0.25) is 0 Å². The highest BCUT2D eigenvalue weighted by atomic mass is 16.5. The van der Waals surface area contributed by atoms with E-state index in [1.165, 1.54) is 0 Å². The summed E-state index contributed by atoms with van der Waals surface area (Å²) >= 11 is 0. The average molecular weight is 427 g/mol. The van der Waals surface area contributed by atoms with E-state index in [-0.39, 0.29) is 5.91 Å². The molecule has 2 aromatic carbocycles. The molecule has 0 saturated carbocycles. The van der Waals surface area contributed by atoms with Crippen molar-refractivity contribution in [1.29, 1.82) is 0 Å². The predicted octanol–water partition coefficient (Wildman–Crippen LogP) is 4.26. The van der Waals surface area contributed by atoms with E-state index < -0.39 is 6.17 Å². The van der Waals surface area contributed by atoms with E-state index in [2.05, 4.69) is 20.5 Å². The first-order chi connectivity index (χ1) is 15.7. The number of para-hydroxylation sites is 1. The molecule has 4 aromatic rings. The molecule has 0 spiro atoms. The maximum atomic E-state index is 13.7. The predicted molar refractivity (Wildman–Crippen MR) is 121 cm³/mol. The number of aromatic amines is 1. The largest absolute Gasteiger partial charge is 0.497 e. The van der Waals surface area contributed by atoms with Gasteiger partial charge in [-0.1, -0.05) is 12.1 Å². The summed E-state index contributed by atoms with van der Waals surface area (Å²) in [6.07, 6.45) is 4.67. The first kappa shape index (κ1) is 19.6. The smallest absolute Gasteiger partial charge is 0.262 e. The monoisotopic (exact) mass is 427 g/mol. The molecule has 1 atom stereocenters. The van der Waals surface area contributed by atoms with Crippen LogP contribution in [0.3, 0.4) is 0 Å². The number of carbonyl (C=O) groups excluding carboxylic acids is 1. The molecular formula is C24H21N5O3. The maximum Gasteiger partial charge on any atom is 0.262 e. The Balaban J connectivity index is 1.69. The van der Waals surface area contributed by atoms with Gasteiger partial charge in [-0.05, 0) is 36.4 Å². The van der Waals surface area contributed by atoms with Gasteiger partial charge in [-0.2, -0.15) is 5.10 Å². The highest BCUT2D eigenvalue weighted by Gasteiger charge is 2.37. The van der Waals surface area contributed by atoms with Crippen LogP contribution >= 0.6 is 0 Å². The van der Waals surface area contributed by atoms with Crippen LogP contribution in [0.4, 0.5) is 11.4 Å². The zero-order chi connectivity index (χ0) is 22.1. The number of amides is 1. The molecule has 1 aliphatic rings. The minimum Gasteiger partial charge on any atom is -0.497 e. The Morgan fingerprint density at radius 3 is 2.66 bits per heavy atom. The molecule has 1 unspecified atom stereocenters. The number of H-pyrrole nitrogens is 1. The molecule has 0 saturated heterocycles. The standard InChI is InChI=1S/C24H21N5O3/c1-31-16-9-10-20(21(12-16)32-2)29-23(27-19-8-4-3-7-17(19)24(29)30)18-14-26-28-22(18)15-6-5-11-25-13-15/h3-14,23,27H,1-2H3,(H,26,28). The molecular weight excluding hydrogens is 406 g/mol. The fraction of sp³-hybridized carbons (Fsp3) is 0.125. The van der Waals surface area contributed by atoms with Gasteiger partial charge in [-0.25, -0.2) is 0 Å². The number of aromatic nitrogens is 3. The number of benzene rings is 2. The van der Waals surface area contributed by atoms with E-state index >= 15 is 0 Å². The normalized spacial score (nSPS) is 15.1. The summed E-state index contributed by atoms with van der Waals surface area (Å²) in [4.78, 5) is 19.7. The second kappa shape index (κ2) is 8.07. The van der Waals surface area contributed by atoms with Crippen molar-refractivity contribution in [2.45, 2.75) is 6.17 Å². The van der Waals surface area contributed by atoms with E-state index in [1.54, 1.807) is 55.9 Å². The van der Waals surface area contributed by atoms with Crippen LogP contribution in [0.25, 0.3) is 11.3 Å². The maximum absolute atomic E-state index is 13.7. The van der Waals surface area contributed by atoms with Crippen LogP contribution < -0.4 is 19.7 Å². The molecule has 0 fully saturated rings. The van der Waals surface area contributed by atoms with Crippen LogP contribution in [0.5, 0.6) is 11.5 Å². The second-order valence-electron chi connectivity index (χ2n) is 7.25. The number of fused-ring (bicyclic) bond motifs is 1. The lowest BCUT2D eigenvalue weighted by Crippen LogP contribution is -2.43. The van der Waals surface area contributed by atoms with Crippen LogP contribution in [0.2, 0.25) is 0 Å². The molecule has 3 heterocycles. The minimum atomic E-state index is -0.534. The number of pyridine rings is 1. The summed E-state index contributed by atoms with van der Waals surface area (Å²) in [5.74, 6) is 1.01. The number of carbonyl (C=O) groups is 1. The number of nitrogens with zero attached hydrogens (tertiary/aromatic N) is 3. The SMILES string of the molecule is COc1ccc(N2C(=O)c3ccccc3NC2c2cn[nH]c2-c2cccnc2)c(OC)c1. The summed E-state index contributed by atoms with van der Waals surface area (Å²) in [7, 11) is 3.16. The van der Waals surface area contributed by atoms with Crippen molar-refractivity contribution in [3.63, 3.8) is 0 Å². The second-order valence-corrected chi connectivity index (χ2v) is 7.25. The molecule has 8 nitrogen and oxygen atoms in total.